The van der Waals surface area contributed by atoms with Gasteiger partial charge in [0.25, 0.3) is 0 Å². The first-order valence-electron chi connectivity index (χ1n) is 8.86. The number of nitrogens with zero attached hydrogens (tertiary/aromatic N) is 1. The lowest BCUT2D eigenvalue weighted by molar-refractivity contribution is 0.131. The van der Waals surface area contributed by atoms with E-state index in [1.165, 1.54) is 56.2 Å². The summed E-state index contributed by atoms with van der Waals surface area (Å²) in [5.74, 6) is 0. The van der Waals surface area contributed by atoms with Gasteiger partial charge >= 0.3 is 0 Å². The second kappa shape index (κ2) is 9.22. The molecule has 1 N–H and O–H groups in total. The van der Waals surface area contributed by atoms with Gasteiger partial charge in [-0.15, -0.1) is 0 Å². The molecule has 2 heteroatoms. The number of hydrogen-bond donors (Lipinski definition) is 1. The Morgan fingerprint density at radius 1 is 1.05 bits per heavy atom. The summed E-state index contributed by atoms with van der Waals surface area (Å²) in [4.78, 5) is 2.71. The first-order valence-corrected chi connectivity index (χ1v) is 8.86. The van der Waals surface area contributed by atoms with Crippen LogP contribution >= 0.6 is 0 Å². The average molecular weight is 288 g/mol. The molecule has 118 valence electrons. The van der Waals surface area contributed by atoms with Crippen LogP contribution < -0.4 is 5.32 Å². The maximum atomic E-state index is 3.47. The van der Waals surface area contributed by atoms with E-state index in [9.17, 15) is 0 Å². The Morgan fingerprint density at radius 3 is 2.52 bits per heavy atom. The molecule has 1 unspecified atom stereocenters. The van der Waals surface area contributed by atoms with Gasteiger partial charge < -0.3 is 5.32 Å². The van der Waals surface area contributed by atoms with Crippen LogP contribution in [-0.4, -0.2) is 24.0 Å². The molecule has 1 heterocycles. The summed E-state index contributed by atoms with van der Waals surface area (Å²) < 4.78 is 0. The molecular formula is C19H32N2. The van der Waals surface area contributed by atoms with Crippen LogP contribution in [0.1, 0.15) is 63.5 Å². The SMILES string of the molecule is CCCNCc1ccc(CN2CCCCC2CCC)cc1. The summed E-state index contributed by atoms with van der Waals surface area (Å²) >= 11 is 0. The fourth-order valence-corrected chi connectivity index (χ4v) is 3.33. The maximum absolute atomic E-state index is 3.47. The van der Waals surface area contributed by atoms with Crippen molar-refractivity contribution in [2.75, 3.05) is 13.1 Å². The molecule has 2 rings (SSSR count). The molecule has 2 nitrogen and oxygen atoms in total. The van der Waals surface area contributed by atoms with Gasteiger partial charge in [-0.05, 0) is 49.9 Å². The number of piperidine rings is 1. The van der Waals surface area contributed by atoms with Gasteiger partial charge in [0.2, 0.25) is 0 Å². The van der Waals surface area contributed by atoms with Crippen molar-refractivity contribution in [2.24, 2.45) is 0 Å². The Labute approximate surface area is 130 Å². The smallest absolute Gasteiger partial charge is 0.0236 e. The Hall–Kier alpha value is -0.860. The van der Waals surface area contributed by atoms with E-state index in [0.717, 1.165) is 25.7 Å². The molecule has 0 aromatic heterocycles. The third kappa shape index (κ3) is 5.44. The van der Waals surface area contributed by atoms with E-state index in [1.54, 1.807) is 0 Å². The summed E-state index contributed by atoms with van der Waals surface area (Å²) in [5, 5.41) is 3.47. The Bertz CT molecular complexity index is 383. The highest BCUT2D eigenvalue weighted by molar-refractivity contribution is 5.22. The molecule has 1 aromatic carbocycles. The van der Waals surface area contributed by atoms with Crippen LogP contribution in [0.25, 0.3) is 0 Å². The van der Waals surface area contributed by atoms with Crippen molar-refractivity contribution in [3.05, 3.63) is 35.4 Å². The molecule has 0 spiro atoms. The molecule has 1 fully saturated rings. The molecule has 0 saturated carbocycles. The number of rotatable bonds is 8. The Kier molecular flexibility index (Phi) is 7.25. The highest BCUT2D eigenvalue weighted by Crippen LogP contribution is 2.23. The van der Waals surface area contributed by atoms with E-state index in [1.807, 2.05) is 0 Å². The quantitative estimate of drug-likeness (QED) is 0.716. The van der Waals surface area contributed by atoms with Crippen LogP contribution in [0, 0.1) is 0 Å². The van der Waals surface area contributed by atoms with Crippen molar-refractivity contribution < 1.29 is 0 Å². The van der Waals surface area contributed by atoms with Crippen molar-refractivity contribution in [1.29, 1.82) is 0 Å². The van der Waals surface area contributed by atoms with Crippen LogP contribution in [0.2, 0.25) is 0 Å². The van der Waals surface area contributed by atoms with E-state index >= 15 is 0 Å². The summed E-state index contributed by atoms with van der Waals surface area (Å²) in [7, 11) is 0. The average Bonchev–Trinajstić information content (AvgIpc) is 2.51. The molecule has 0 radical (unpaired) electrons. The topological polar surface area (TPSA) is 15.3 Å². The summed E-state index contributed by atoms with van der Waals surface area (Å²) in [6.07, 6.45) is 8.06. The molecule has 1 saturated heterocycles. The lowest BCUT2D eigenvalue weighted by Crippen LogP contribution is -2.38. The highest BCUT2D eigenvalue weighted by atomic mass is 15.2. The molecule has 0 bridgehead atoms. The minimum atomic E-state index is 0.814. The second-order valence-corrected chi connectivity index (χ2v) is 6.40. The Balaban J connectivity index is 1.86. The molecule has 0 aliphatic carbocycles. The van der Waals surface area contributed by atoms with Gasteiger partial charge in [0.1, 0.15) is 0 Å². The van der Waals surface area contributed by atoms with Crippen LogP contribution in [-0.2, 0) is 13.1 Å². The Morgan fingerprint density at radius 2 is 1.81 bits per heavy atom. The van der Waals surface area contributed by atoms with E-state index in [-0.39, 0.29) is 0 Å². The van der Waals surface area contributed by atoms with E-state index < -0.39 is 0 Å². The van der Waals surface area contributed by atoms with E-state index in [4.69, 9.17) is 0 Å². The van der Waals surface area contributed by atoms with Crippen molar-refractivity contribution >= 4 is 0 Å². The zero-order valence-electron chi connectivity index (χ0n) is 13.9. The van der Waals surface area contributed by atoms with Crippen molar-refractivity contribution in [3.8, 4) is 0 Å². The van der Waals surface area contributed by atoms with Gasteiger partial charge in [0, 0.05) is 19.1 Å². The number of likely N-dealkylation sites (tertiary alicyclic amines) is 1. The van der Waals surface area contributed by atoms with Gasteiger partial charge in [-0.25, -0.2) is 0 Å². The first-order chi connectivity index (χ1) is 10.3. The lowest BCUT2D eigenvalue weighted by Gasteiger charge is -2.35. The maximum Gasteiger partial charge on any atom is 0.0236 e. The summed E-state index contributed by atoms with van der Waals surface area (Å²) in [5.41, 5.74) is 2.87. The summed E-state index contributed by atoms with van der Waals surface area (Å²) in [6, 6.07) is 10.0. The molecule has 1 aliphatic rings. The van der Waals surface area contributed by atoms with Crippen molar-refractivity contribution in [1.82, 2.24) is 10.2 Å². The van der Waals surface area contributed by atoms with Crippen LogP contribution in [0.4, 0.5) is 0 Å². The van der Waals surface area contributed by atoms with Crippen molar-refractivity contribution in [3.63, 3.8) is 0 Å². The predicted molar refractivity (Wildman–Crippen MR) is 91.4 cm³/mol. The highest BCUT2D eigenvalue weighted by Gasteiger charge is 2.21. The van der Waals surface area contributed by atoms with E-state index in [2.05, 4.69) is 48.3 Å². The number of nitrogens with one attached hydrogen (secondary N) is 1. The number of hydrogen-bond acceptors (Lipinski definition) is 2. The first kappa shape index (κ1) is 16.5. The minimum absolute atomic E-state index is 0.814. The molecule has 1 atom stereocenters. The second-order valence-electron chi connectivity index (χ2n) is 6.40. The van der Waals surface area contributed by atoms with Gasteiger partial charge in [0.05, 0.1) is 0 Å². The standard InChI is InChI=1S/C19H32N2/c1-3-7-19-8-5-6-14-21(19)16-18-11-9-17(10-12-18)15-20-13-4-2/h9-12,19-20H,3-8,13-16H2,1-2H3. The lowest BCUT2D eigenvalue weighted by atomic mass is 9.97. The van der Waals surface area contributed by atoms with Gasteiger partial charge in [-0.1, -0.05) is 51.0 Å². The van der Waals surface area contributed by atoms with E-state index in [0.29, 0.717) is 0 Å². The number of benzene rings is 1. The zero-order chi connectivity index (χ0) is 14.9. The van der Waals surface area contributed by atoms with Crippen LogP contribution in [0.15, 0.2) is 24.3 Å². The van der Waals surface area contributed by atoms with Crippen LogP contribution in [0.3, 0.4) is 0 Å². The third-order valence-electron chi connectivity index (χ3n) is 4.54. The molecule has 1 aliphatic heterocycles. The molecular weight excluding hydrogens is 256 g/mol. The largest absolute Gasteiger partial charge is 0.313 e. The molecule has 21 heavy (non-hydrogen) atoms. The van der Waals surface area contributed by atoms with Gasteiger partial charge in [-0.3, -0.25) is 4.90 Å². The van der Waals surface area contributed by atoms with Crippen molar-refractivity contribution in [2.45, 2.75) is 71.5 Å². The van der Waals surface area contributed by atoms with Gasteiger partial charge in [0.15, 0.2) is 0 Å². The zero-order valence-corrected chi connectivity index (χ0v) is 13.9. The molecule has 1 aromatic rings. The monoisotopic (exact) mass is 288 g/mol. The van der Waals surface area contributed by atoms with Crippen LogP contribution in [0.5, 0.6) is 0 Å². The normalized spacial score (nSPS) is 19.8. The van der Waals surface area contributed by atoms with Gasteiger partial charge in [-0.2, -0.15) is 0 Å². The molecule has 0 amide bonds. The fraction of sp³-hybridized carbons (Fsp3) is 0.684. The predicted octanol–water partition coefficient (Wildman–Crippen LogP) is 4.34. The fourth-order valence-electron chi connectivity index (χ4n) is 3.33. The minimum Gasteiger partial charge on any atom is -0.313 e. The summed E-state index contributed by atoms with van der Waals surface area (Å²) in [6.45, 7) is 9.04. The third-order valence-corrected chi connectivity index (χ3v) is 4.54.